The van der Waals surface area contributed by atoms with Crippen molar-refractivity contribution in [2.45, 2.75) is 149 Å². The van der Waals surface area contributed by atoms with Gasteiger partial charge in [-0.05, 0) is 244 Å². The standard InChI is InChI=1S/C95H94N2/c1-13-19-65-29-33-67(34-30-65)69-37-47-81(48-38-69)96(83-51-41-71(42-52-83)73-21-15-25-79(57-73)91(3,4)5)85-27-17-23-75(59-85)77-45-55-87-89(61-77)95(63-93(87,9)10)64-94(11,12)88-56-46-78(62-90(88)95)76-24-18-28-86(60-76)97(82-49-39-70(40-50-82)68-35-31-66(20-14-2)32-36-68)84-53-43-72(44-54-84)74-22-16-26-80(58-74)92(6,7)8/h15-18,21-62H,13-14,19-20,63-64H2,1-12H3. The van der Waals surface area contributed by atoms with E-state index in [1.54, 1.807) is 0 Å². The molecule has 2 heteroatoms. The summed E-state index contributed by atoms with van der Waals surface area (Å²) in [5.74, 6) is 0. The second-order valence-electron chi connectivity index (χ2n) is 31.2. The number of fused-ring (bicyclic) bond motifs is 4. The van der Waals surface area contributed by atoms with Crippen LogP contribution in [0.3, 0.4) is 0 Å². The Labute approximate surface area is 579 Å². The van der Waals surface area contributed by atoms with E-state index >= 15 is 0 Å². The van der Waals surface area contributed by atoms with Crippen LogP contribution in [0.1, 0.15) is 153 Å². The zero-order valence-corrected chi connectivity index (χ0v) is 59.2. The van der Waals surface area contributed by atoms with Gasteiger partial charge in [-0.2, -0.15) is 0 Å². The molecule has 2 nitrogen and oxygen atoms in total. The molecule has 0 aromatic heterocycles. The van der Waals surface area contributed by atoms with Gasteiger partial charge in [0.15, 0.2) is 0 Å². The van der Waals surface area contributed by atoms with Crippen molar-refractivity contribution in [1.82, 2.24) is 0 Å². The van der Waals surface area contributed by atoms with Crippen LogP contribution in [0.25, 0.3) is 66.8 Å². The highest BCUT2D eigenvalue weighted by Crippen LogP contribution is 2.64. The first-order chi connectivity index (χ1) is 46.6. The maximum Gasteiger partial charge on any atom is 0.0467 e. The van der Waals surface area contributed by atoms with Gasteiger partial charge >= 0.3 is 0 Å². The van der Waals surface area contributed by atoms with Crippen molar-refractivity contribution >= 4 is 34.1 Å². The second-order valence-corrected chi connectivity index (χ2v) is 31.2. The third kappa shape index (κ3) is 12.8. The molecule has 0 atom stereocenters. The monoisotopic (exact) mass is 1260 g/mol. The molecule has 12 aromatic rings. The van der Waals surface area contributed by atoms with Gasteiger partial charge in [0.05, 0.1) is 0 Å². The van der Waals surface area contributed by atoms with E-state index in [4.69, 9.17) is 0 Å². The minimum atomic E-state index is -0.185. The van der Waals surface area contributed by atoms with Crippen molar-refractivity contribution < 1.29 is 0 Å². The van der Waals surface area contributed by atoms with Gasteiger partial charge in [-0.15, -0.1) is 0 Å². The van der Waals surface area contributed by atoms with Crippen LogP contribution < -0.4 is 9.80 Å². The number of aryl methyl sites for hydroxylation is 2. The second kappa shape index (κ2) is 25.7. The number of hydrogen-bond acceptors (Lipinski definition) is 2. The summed E-state index contributed by atoms with van der Waals surface area (Å²) >= 11 is 0. The molecule has 12 aromatic carbocycles. The summed E-state index contributed by atoms with van der Waals surface area (Å²) in [5, 5.41) is 0. The Morgan fingerprint density at radius 2 is 0.536 bits per heavy atom. The van der Waals surface area contributed by atoms with Crippen LogP contribution in [0.5, 0.6) is 0 Å². The molecular formula is C95H94N2. The number of nitrogens with zero attached hydrogens (tertiary/aromatic N) is 2. The fraction of sp³-hybridized carbons (Fsp3) is 0.242. The number of rotatable bonds is 16. The Morgan fingerprint density at radius 3 is 0.845 bits per heavy atom. The quantitative estimate of drug-likeness (QED) is 0.0951. The van der Waals surface area contributed by atoms with Crippen LogP contribution in [0.2, 0.25) is 0 Å². The predicted octanol–water partition coefficient (Wildman–Crippen LogP) is 26.8. The molecule has 0 saturated carbocycles. The van der Waals surface area contributed by atoms with E-state index in [2.05, 4.69) is 372 Å². The number of benzene rings is 12. The molecule has 0 saturated heterocycles. The topological polar surface area (TPSA) is 6.48 Å². The van der Waals surface area contributed by atoms with Crippen molar-refractivity contribution in [1.29, 1.82) is 0 Å². The molecule has 0 aliphatic heterocycles. The molecule has 0 radical (unpaired) electrons. The minimum Gasteiger partial charge on any atom is -0.310 e. The number of anilines is 6. The molecule has 0 bridgehead atoms. The van der Waals surface area contributed by atoms with Crippen LogP contribution in [-0.4, -0.2) is 0 Å². The van der Waals surface area contributed by atoms with Gasteiger partial charge < -0.3 is 9.80 Å². The maximum atomic E-state index is 2.59. The smallest absolute Gasteiger partial charge is 0.0467 e. The van der Waals surface area contributed by atoms with Gasteiger partial charge in [0.25, 0.3) is 0 Å². The molecule has 2 aliphatic carbocycles. The first-order valence-corrected chi connectivity index (χ1v) is 35.6. The molecule has 0 fully saturated rings. The third-order valence-electron chi connectivity index (χ3n) is 21.2. The largest absolute Gasteiger partial charge is 0.310 e. The lowest BCUT2D eigenvalue weighted by molar-refractivity contribution is 0.349. The number of hydrogen-bond donors (Lipinski definition) is 0. The van der Waals surface area contributed by atoms with Gasteiger partial charge in [-0.25, -0.2) is 0 Å². The van der Waals surface area contributed by atoms with Crippen molar-refractivity contribution in [2.24, 2.45) is 0 Å². The average Bonchev–Trinajstić information content (AvgIpc) is 1.53. The molecule has 14 rings (SSSR count). The zero-order valence-electron chi connectivity index (χ0n) is 59.2. The van der Waals surface area contributed by atoms with E-state index in [1.165, 1.54) is 111 Å². The SMILES string of the molecule is CCCc1ccc(-c2ccc(N(c3ccc(-c4cccc(C(C)(C)C)c4)cc3)c3cccc(-c4ccc5c(c4)C4(CC5(C)C)CC(C)(C)c5ccc(-c6cccc(N(c7ccc(-c8ccc(CCC)cc8)cc7)c7ccc(-c8cccc(C(C)(C)C)c8)cc7)c6)cc54)c3)cc2)cc1. The lowest BCUT2D eigenvalue weighted by Crippen LogP contribution is -2.27. The van der Waals surface area contributed by atoms with E-state index < -0.39 is 0 Å². The van der Waals surface area contributed by atoms with Crippen LogP contribution in [-0.2, 0) is 39.9 Å². The minimum absolute atomic E-state index is 0.0381. The van der Waals surface area contributed by atoms with Crippen LogP contribution in [0, 0.1) is 0 Å². The molecule has 0 heterocycles. The summed E-state index contributed by atoms with van der Waals surface area (Å²) in [7, 11) is 0. The summed E-state index contributed by atoms with van der Waals surface area (Å²) in [5.41, 5.74) is 32.5. The van der Waals surface area contributed by atoms with E-state index in [9.17, 15) is 0 Å². The first-order valence-electron chi connectivity index (χ1n) is 35.6. The van der Waals surface area contributed by atoms with Crippen LogP contribution in [0.4, 0.5) is 34.1 Å². The van der Waals surface area contributed by atoms with E-state index in [0.29, 0.717) is 0 Å². The van der Waals surface area contributed by atoms with Gasteiger partial charge in [-0.1, -0.05) is 290 Å². The molecule has 1 spiro atoms. The molecule has 484 valence electrons. The van der Waals surface area contributed by atoms with Crippen molar-refractivity contribution in [3.05, 3.63) is 324 Å². The summed E-state index contributed by atoms with van der Waals surface area (Å²) in [6.45, 7) is 28.2. The lowest BCUT2D eigenvalue weighted by Gasteiger charge is -2.31. The highest BCUT2D eigenvalue weighted by molar-refractivity contribution is 5.86. The Morgan fingerprint density at radius 1 is 0.268 bits per heavy atom. The summed E-state index contributed by atoms with van der Waals surface area (Å²) in [4.78, 5) is 4.87. The highest BCUT2D eigenvalue weighted by Gasteiger charge is 2.56. The van der Waals surface area contributed by atoms with E-state index in [1.807, 2.05) is 0 Å². The van der Waals surface area contributed by atoms with Crippen molar-refractivity contribution in [3.63, 3.8) is 0 Å². The maximum absolute atomic E-state index is 2.59. The molecular weight excluding hydrogens is 1170 g/mol. The summed E-state index contributed by atoms with van der Waals surface area (Å²) < 4.78 is 0. The fourth-order valence-electron chi connectivity index (χ4n) is 16.1. The zero-order chi connectivity index (χ0) is 67.4. The lowest BCUT2D eigenvalue weighted by atomic mass is 9.72. The molecule has 0 amide bonds. The Bertz CT molecular complexity index is 4490. The molecule has 97 heavy (non-hydrogen) atoms. The van der Waals surface area contributed by atoms with Gasteiger partial charge in [0.1, 0.15) is 0 Å². The van der Waals surface area contributed by atoms with Crippen LogP contribution >= 0.6 is 0 Å². The van der Waals surface area contributed by atoms with E-state index in [0.717, 1.165) is 72.6 Å². The Balaban J connectivity index is 0.824. The predicted molar refractivity (Wildman–Crippen MR) is 416 cm³/mol. The van der Waals surface area contributed by atoms with Gasteiger partial charge in [0.2, 0.25) is 0 Å². The van der Waals surface area contributed by atoms with Gasteiger partial charge in [-0.3, -0.25) is 0 Å². The van der Waals surface area contributed by atoms with Crippen molar-refractivity contribution in [3.8, 4) is 66.8 Å². The Hall–Kier alpha value is -9.76. The molecule has 2 aliphatic rings. The highest BCUT2D eigenvalue weighted by atomic mass is 15.1. The summed E-state index contributed by atoms with van der Waals surface area (Å²) in [6.07, 6.45) is 6.58. The first kappa shape index (κ1) is 64.6. The molecule has 0 N–H and O–H groups in total. The fourth-order valence-corrected chi connectivity index (χ4v) is 16.1. The normalized spacial score (nSPS) is 14.3. The van der Waals surface area contributed by atoms with Crippen LogP contribution in [0.15, 0.2) is 279 Å². The van der Waals surface area contributed by atoms with E-state index in [-0.39, 0.29) is 27.1 Å². The van der Waals surface area contributed by atoms with Gasteiger partial charge in [0, 0.05) is 39.5 Å². The Kier molecular flexibility index (Phi) is 17.1. The summed E-state index contributed by atoms with van der Waals surface area (Å²) in [6, 6.07) is 106. The van der Waals surface area contributed by atoms with Crippen molar-refractivity contribution in [2.75, 3.05) is 9.80 Å². The molecule has 0 unspecified atom stereocenters. The average molecular weight is 1260 g/mol. The third-order valence-corrected chi connectivity index (χ3v) is 21.2.